The molecular formula is C13H19FN2OS. The van der Waals surface area contributed by atoms with Gasteiger partial charge in [0.05, 0.1) is 18.5 Å². The van der Waals surface area contributed by atoms with E-state index in [9.17, 15) is 4.39 Å². The maximum Gasteiger partial charge on any atom is 0.167 e. The average Bonchev–Trinajstić information content (AvgIpc) is 2.39. The number of methoxy groups -OCH3 is 1. The van der Waals surface area contributed by atoms with Gasteiger partial charge in [0, 0.05) is 18.7 Å². The molecule has 1 aliphatic rings. The Labute approximate surface area is 111 Å². The maximum atomic E-state index is 13.4. The average molecular weight is 270 g/mol. The summed E-state index contributed by atoms with van der Waals surface area (Å²) in [7, 11) is 1.46. The minimum Gasteiger partial charge on any atom is -0.494 e. The largest absolute Gasteiger partial charge is 0.494 e. The van der Waals surface area contributed by atoms with Crippen molar-refractivity contribution in [1.82, 2.24) is 0 Å². The van der Waals surface area contributed by atoms with E-state index >= 15 is 0 Å². The molecule has 3 N–H and O–H groups in total. The highest BCUT2D eigenvalue weighted by Gasteiger charge is 2.14. The molecule has 5 heteroatoms. The van der Waals surface area contributed by atoms with Crippen LogP contribution in [-0.2, 0) is 0 Å². The molecule has 0 atom stereocenters. The normalized spacial score (nSPS) is 16.6. The first-order valence-corrected chi connectivity index (χ1v) is 7.31. The van der Waals surface area contributed by atoms with Crippen LogP contribution in [0.3, 0.4) is 0 Å². The number of rotatable bonds is 4. The van der Waals surface area contributed by atoms with E-state index in [0.29, 0.717) is 11.6 Å². The molecule has 0 saturated carbocycles. The number of ether oxygens (including phenoxy) is 1. The smallest absolute Gasteiger partial charge is 0.167 e. The molecule has 2 rings (SSSR count). The van der Waals surface area contributed by atoms with E-state index in [-0.39, 0.29) is 5.75 Å². The predicted octanol–water partition coefficient (Wildman–Crippen LogP) is 2.97. The van der Waals surface area contributed by atoms with Gasteiger partial charge in [-0.15, -0.1) is 0 Å². The molecular weight excluding hydrogens is 251 g/mol. The van der Waals surface area contributed by atoms with Crippen molar-refractivity contribution in [2.45, 2.75) is 12.8 Å². The Morgan fingerprint density at radius 3 is 2.83 bits per heavy atom. The van der Waals surface area contributed by atoms with Crippen molar-refractivity contribution >= 4 is 23.1 Å². The lowest BCUT2D eigenvalue weighted by Gasteiger charge is -2.22. The third-order valence-electron chi connectivity index (χ3n) is 3.25. The standard InChI is InChI=1S/C13H19FN2OS/c1-17-13-7-12(11(15)6-10(13)14)16-8-9-2-4-18-5-3-9/h6-7,9,16H,2-5,8,15H2,1H3. The molecule has 18 heavy (non-hydrogen) atoms. The van der Waals surface area contributed by atoms with Gasteiger partial charge < -0.3 is 15.8 Å². The number of nitrogens with two attached hydrogens (primary N) is 1. The van der Waals surface area contributed by atoms with Crippen molar-refractivity contribution in [1.29, 1.82) is 0 Å². The third-order valence-corrected chi connectivity index (χ3v) is 4.29. The number of anilines is 2. The summed E-state index contributed by atoms with van der Waals surface area (Å²) in [5.74, 6) is 2.95. The molecule has 0 aliphatic carbocycles. The molecule has 0 bridgehead atoms. The molecule has 1 fully saturated rings. The molecule has 100 valence electrons. The summed E-state index contributed by atoms with van der Waals surface area (Å²) in [6, 6.07) is 2.93. The Bertz CT molecular complexity index is 408. The predicted molar refractivity (Wildman–Crippen MR) is 75.9 cm³/mol. The Morgan fingerprint density at radius 2 is 2.17 bits per heavy atom. The molecule has 1 heterocycles. The minimum absolute atomic E-state index is 0.228. The Morgan fingerprint density at radius 1 is 1.44 bits per heavy atom. The van der Waals surface area contributed by atoms with Crippen molar-refractivity contribution in [2.75, 3.05) is 36.2 Å². The van der Waals surface area contributed by atoms with Crippen LogP contribution >= 0.6 is 11.8 Å². The Kier molecular flexibility index (Phi) is 4.58. The van der Waals surface area contributed by atoms with Crippen molar-refractivity contribution in [3.8, 4) is 5.75 Å². The molecule has 0 aromatic heterocycles. The summed E-state index contributed by atoms with van der Waals surface area (Å²) >= 11 is 2.01. The van der Waals surface area contributed by atoms with E-state index in [2.05, 4.69) is 5.32 Å². The van der Waals surface area contributed by atoms with Crippen LogP contribution in [0.1, 0.15) is 12.8 Å². The quantitative estimate of drug-likeness (QED) is 0.826. The van der Waals surface area contributed by atoms with Crippen LogP contribution in [0.4, 0.5) is 15.8 Å². The third kappa shape index (κ3) is 3.22. The van der Waals surface area contributed by atoms with E-state index in [1.54, 1.807) is 6.07 Å². The molecule has 1 aromatic rings. The zero-order chi connectivity index (χ0) is 13.0. The first-order valence-electron chi connectivity index (χ1n) is 6.15. The van der Waals surface area contributed by atoms with E-state index in [1.165, 1.54) is 37.5 Å². The number of thioether (sulfide) groups is 1. The second-order valence-electron chi connectivity index (χ2n) is 4.51. The fraction of sp³-hybridized carbons (Fsp3) is 0.538. The number of halogens is 1. The number of nitrogens with one attached hydrogen (secondary N) is 1. The lowest BCUT2D eigenvalue weighted by atomic mass is 10.0. The monoisotopic (exact) mass is 270 g/mol. The SMILES string of the molecule is COc1cc(NCC2CCSCC2)c(N)cc1F. The van der Waals surface area contributed by atoms with Crippen LogP contribution in [0, 0.1) is 11.7 Å². The van der Waals surface area contributed by atoms with Crippen LogP contribution < -0.4 is 15.8 Å². The number of hydrogen-bond acceptors (Lipinski definition) is 4. The number of hydrogen-bond donors (Lipinski definition) is 2. The second kappa shape index (κ2) is 6.18. The Hall–Kier alpha value is -1.10. The summed E-state index contributed by atoms with van der Waals surface area (Å²) in [4.78, 5) is 0. The zero-order valence-corrected chi connectivity index (χ0v) is 11.4. The van der Waals surface area contributed by atoms with E-state index in [0.717, 1.165) is 12.2 Å². The van der Waals surface area contributed by atoms with E-state index < -0.39 is 5.82 Å². The molecule has 3 nitrogen and oxygen atoms in total. The summed E-state index contributed by atoms with van der Waals surface area (Å²) in [5.41, 5.74) is 6.98. The maximum absolute atomic E-state index is 13.4. The van der Waals surface area contributed by atoms with E-state index in [1.807, 2.05) is 11.8 Å². The van der Waals surface area contributed by atoms with Crippen molar-refractivity contribution in [3.63, 3.8) is 0 Å². The van der Waals surface area contributed by atoms with Crippen LogP contribution in [-0.4, -0.2) is 25.2 Å². The van der Waals surface area contributed by atoms with Gasteiger partial charge in [0.1, 0.15) is 0 Å². The summed E-state index contributed by atoms with van der Waals surface area (Å²) in [6.45, 7) is 0.888. The molecule has 1 aromatic carbocycles. The summed E-state index contributed by atoms with van der Waals surface area (Å²) in [6.07, 6.45) is 2.46. The minimum atomic E-state index is -0.422. The molecule has 0 radical (unpaired) electrons. The second-order valence-corrected chi connectivity index (χ2v) is 5.74. The van der Waals surface area contributed by atoms with Crippen molar-refractivity contribution in [3.05, 3.63) is 17.9 Å². The molecule has 1 saturated heterocycles. The van der Waals surface area contributed by atoms with E-state index in [4.69, 9.17) is 10.5 Å². The van der Waals surface area contributed by atoms with Gasteiger partial charge in [0.25, 0.3) is 0 Å². The molecule has 0 unspecified atom stereocenters. The number of nitrogen functional groups attached to an aromatic ring is 1. The van der Waals surface area contributed by atoms with Gasteiger partial charge in [0.2, 0.25) is 0 Å². The lowest BCUT2D eigenvalue weighted by molar-refractivity contribution is 0.387. The topological polar surface area (TPSA) is 47.3 Å². The highest BCUT2D eigenvalue weighted by atomic mass is 32.2. The van der Waals surface area contributed by atoms with Gasteiger partial charge >= 0.3 is 0 Å². The summed E-state index contributed by atoms with van der Waals surface area (Å²) < 4.78 is 18.3. The van der Waals surface area contributed by atoms with Gasteiger partial charge in [-0.2, -0.15) is 11.8 Å². The first-order chi connectivity index (χ1) is 8.70. The van der Waals surface area contributed by atoms with Crippen LogP contribution in [0.5, 0.6) is 5.75 Å². The summed E-state index contributed by atoms with van der Waals surface area (Å²) in [5, 5.41) is 3.30. The lowest BCUT2D eigenvalue weighted by Crippen LogP contribution is -2.19. The van der Waals surface area contributed by atoms with Gasteiger partial charge in [0.15, 0.2) is 11.6 Å². The van der Waals surface area contributed by atoms with Crippen LogP contribution in [0.15, 0.2) is 12.1 Å². The highest BCUT2D eigenvalue weighted by molar-refractivity contribution is 7.99. The molecule has 0 amide bonds. The zero-order valence-electron chi connectivity index (χ0n) is 10.5. The Balaban J connectivity index is 1.99. The fourth-order valence-corrected chi connectivity index (χ4v) is 3.29. The highest BCUT2D eigenvalue weighted by Crippen LogP contribution is 2.29. The van der Waals surface area contributed by atoms with Crippen molar-refractivity contribution in [2.24, 2.45) is 5.92 Å². The van der Waals surface area contributed by atoms with Gasteiger partial charge in [-0.05, 0) is 30.3 Å². The van der Waals surface area contributed by atoms with Gasteiger partial charge in [-0.3, -0.25) is 0 Å². The van der Waals surface area contributed by atoms with Crippen LogP contribution in [0.2, 0.25) is 0 Å². The van der Waals surface area contributed by atoms with Gasteiger partial charge in [-0.25, -0.2) is 4.39 Å². The van der Waals surface area contributed by atoms with Crippen LogP contribution in [0.25, 0.3) is 0 Å². The fourth-order valence-electron chi connectivity index (χ4n) is 2.08. The first kappa shape index (κ1) is 13.3. The number of benzene rings is 1. The molecule has 0 spiro atoms. The molecule has 1 aliphatic heterocycles. The van der Waals surface area contributed by atoms with Gasteiger partial charge in [-0.1, -0.05) is 0 Å². The van der Waals surface area contributed by atoms with Crippen molar-refractivity contribution < 1.29 is 9.13 Å².